The summed E-state index contributed by atoms with van der Waals surface area (Å²) in [4.78, 5) is 10.9. The standard InChI is InChI=1S/C18H18N6OS/c19-16-15(22-23-18-20-8-11-26-18)17(24-9-4-1-5-10-24)21-12-13-6-2-3-7-14(13)25-16/h2-3,6-8,11-12,19H,1,4-5,9-10H2/b17-15-,19-16?,21-12-,23-22?. The van der Waals surface area contributed by atoms with Gasteiger partial charge >= 0.3 is 0 Å². The van der Waals surface area contributed by atoms with Crippen LogP contribution in [0.2, 0.25) is 0 Å². The van der Waals surface area contributed by atoms with Crippen LogP contribution >= 0.6 is 11.3 Å². The van der Waals surface area contributed by atoms with Crippen LogP contribution in [0, 0.1) is 5.41 Å². The van der Waals surface area contributed by atoms with Gasteiger partial charge in [0.15, 0.2) is 11.5 Å². The molecule has 26 heavy (non-hydrogen) atoms. The van der Waals surface area contributed by atoms with Crippen molar-refractivity contribution in [3.05, 3.63) is 52.9 Å². The number of nitrogens with zero attached hydrogens (tertiary/aromatic N) is 5. The molecule has 1 saturated heterocycles. The molecule has 7 nitrogen and oxygen atoms in total. The number of hydrogen-bond acceptors (Lipinski definition) is 8. The van der Waals surface area contributed by atoms with Crippen molar-refractivity contribution in [2.45, 2.75) is 19.3 Å². The molecule has 3 heterocycles. The maximum atomic E-state index is 8.44. The monoisotopic (exact) mass is 366 g/mol. The van der Waals surface area contributed by atoms with Gasteiger partial charge in [0.1, 0.15) is 5.75 Å². The van der Waals surface area contributed by atoms with Crippen molar-refractivity contribution in [3.63, 3.8) is 0 Å². The van der Waals surface area contributed by atoms with E-state index in [4.69, 9.17) is 10.1 Å². The molecule has 0 radical (unpaired) electrons. The summed E-state index contributed by atoms with van der Waals surface area (Å²) in [5.74, 6) is 1.15. The number of aliphatic imine (C=N–C) groups is 1. The van der Waals surface area contributed by atoms with Crippen LogP contribution < -0.4 is 4.74 Å². The van der Waals surface area contributed by atoms with Crippen LogP contribution in [0.3, 0.4) is 0 Å². The number of ether oxygens (including phenoxy) is 1. The highest BCUT2D eigenvalue weighted by Crippen LogP contribution is 2.27. The highest BCUT2D eigenvalue weighted by Gasteiger charge is 2.23. The van der Waals surface area contributed by atoms with E-state index in [2.05, 4.69) is 25.1 Å². The minimum absolute atomic E-state index is 0.0600. The van der Waals surface area contributed by atoms with Crippen LogP contribution in [0.5, 0.6) is 5.75 Å². The lowest BCUT2D eigenvalue weighted by atomic mass is 10.1. The first-order valence-electron chi connectivity index (χ1n) is 8.51. The quantitative estimate of drug-likeness (QED) is 0.818. The van der Waals surface area contributed by atoms with E-state index < -0.39 is 0 Å². The Balaban J connectivity index is 1.77. The largest absolute Gasteiger partial charge is 0.437 e. The average Bonchev–Trinajstić information content (AvgIpc) is 3.18. The van der Waals surface area contributed by atoms with Gasteiger partial charge in [-0.25, -0.2) is 9.98 Å². The maximum Gasteiger partial charge on any atom is 0.243 e. The molecule has 0 amide bonds. The van der Waals surface area contributed by atoms with Crippen molar-refractivity contribution in [1.29, 1.82) is 5.41 Å². The molecule has 1 N–H and O–H groups in total. The predicted octanol–water partition coefficient (Wildman–Crippen LogP) is 4.37. The predicted molar refractivity (Wildman–Crippen MR) is 101 cm³/mol. The first kappa shape index (κ1) is 16.6. The third kappa shape index (κ3) is 3.55. The van der Waals surface area contributed by atoms with Crippen LogP contribution in [0.4, 0.5) is 5.13 Å². The molecule has 2 aromatic rings. The number of aromatic nitrogens is 1. The molecule has 0 atom stereocenters. The Morgan fingerprint density at radius 2 is 1.96 bits per heavy atom. The summed E-state index contributed by atoms with van der Waals surface area (Å²) in [5, 5.41) is 19.3. The highest BCUT2D eigenvalue weighted by molar-refractivity contribution is 7.13. The molecule has 132 valence electrons. The van der Waals surface area contributed by atoms with Crippen molar-refractivity contribution >= 4 is 28.6 Å². The first-order chi connectivity index (χ1) is 12.8. The number of para-hydroxylation sites is 1. The second-order valence-electron chi connectivity index (χ2n) is 5.96. The van der Waals surface area contributed by atoms with Crippen molar-refractivity contribution in [2.24, 2.45) is 15.2 Å². The van der Waals surface area contributed by atoms with Gasteiger partial charge < -0.3 is 9.64 Å². The van der Waals surface area contributed by atoms with E-state index >= 15 is 0 Å². The summed E-state index contributed by atoms with van der Waals surface area (Å²) in [6.07, 6.45) is 6.85. The minimum Gasteiger partial charge on any atom is -0.437 e. The fraction of sp³-hybridized carbons (Fsp3) is 0.278. The van der Waals surface area contributed by atoms with Gasteiger partial charge in [0.2, 0.25) is 11.0 Å². The minimum atomic E-state index is -0.0600. The van der Waals surface area contributed by atoms with Gasteiger partial charge in [-0.15, -0.1) is 21.6 Å². The van der Waals surface area contributed by atoms with Gasteiger partial charge in [-0.05, 0) is 31.4 Å². The van der Waals surface area contributed by atoms with Crippen LogP contribution in [0.15, 0.2) is 62.6 Å². The second kappa shape index (κ2) is 7.57. The number of rotatable bonds is 3. The van der Waals surface area contributed by atoms with Crippen molar-refractivity contribution in [1.82, 2.24) is 9.88 Å². The number of azo groups is 1. The normalized spacial score (nSPS) is 21.8. The lowest BCUT2D eigenvalue weighted by molar-refractivity contribution is 0.280. The zero-order valence-corrected chi connectivity index (χ0v) is 14.9. The van der Waals surface area contributed by atoms with Crippen LogP contribution in [-0.2, 0) is 0 Å². The second-order valence-corrected chi connectivity index (χ2v) is 6.83. The maximum absolute atomic E-state index is 8.44. The van der Waals surface area contributed by atoms with Crippen molar-refractivity contribution < 1.29 is 4.74 Å². The van der Waals surface area contributed by atoms with Gasteiger partial charge in [-0.2, -0.15) is 0 Å². The molecule has 0 aliphatic carbocycles. The fourth-order valence-corrected chi connectivity index (χ4v) is 3.37. The summed E-state index contributed by atoms with van der Waals surface area (Å²) >= 11 is 1.39. The smallest absolute Gasteiger partial charge is 0.243 e. The molecule has 0 bridgehead atoms. The van der Waals surface area contributed by atoms with Gasteiger partial charge in [-0.1, -0.05) is 12.1 Å². The van der Waals surface area contributed by atoms with Crippen LogP contribution in [0.1, 0.15) is 24.8 Å². The van der Waals surface area contributed by atoms with E-state index in [0.717, 1.165) is 31.5 Å². The molecule has 0 saturated carbocycles. The SMILES string of the molecule is N=C1Oc2ccccc2/C=N\C(N2CCCCC2)=C/1N=Nc1nccs1. The van der Waals surface area contributed by atoms with E-state index in [1.165, 1.54) is 17.8 Å². The third-order valence-corrected chi connectivity index (χ3v) is 4.85. The van der Waals surface area contributed by atoms with Gasteiger partial charge in [-0.3, -0.25) is 5.41 Å². The summed E-state index contributed by atoms with van der Waals surface area (Å²) in [5.41, 5.74) is 1.16. The lowest BCUT2D eigenvalue weighted by Gasteiger charge is -2.30. The Bertz CT molecular complexity index is 881. The molecule has 2 aliphatic heterocycles. The Labute approximate surface area is 155 Å². The van der Waals surface area contributed by atoms with Crippen LogP contribution in [-0.4, -0.2) is 35.1 Å². The van der Waals surface area contributed by atoms with E-state index in [1.54, 1.807) is 12.4 Å². The molecule has 2 aliphatic rings. The number of benzene rings is 1. The summed E-state index contributed by atoms with van der Waals surface area (Å²) in [6, 6.07) is 7.53. The van der Waals surface area contributed by atoms with Crippen molar-refractivity contribution in [2.75, 3.05) is 13.1 Å². The topological polar surface area (TPSA) is 86.3 Å². The third-order valence-electron chi connectivity index (χ3n) is 4.19. The number of thiazole rings is 1. The molecule has 8 heteroatoms. The highest BCUT2D eigenvalue weighted by atomic mass is 32.1. The molecule has 1 fully saturated rings. The molecular formula is C18H18N6OS. The first-order valence-corrected chi connectivity index (χ1v) is 9.39. The number of piperidine rings is 1. The number of hydrogen-bond donors (Lipinski definition) is 1. The van der Waals surface area contributed by atoms with Gasteiger partial charge in [0, 0.05) is 36.4 Å². The fourth-order valence-electron chi connectivity index (χ4n) is 2.92. The summed E-state index contributed by atoms with van der Waals surface area (Å²) in [7, 11) is 0. The molecular weight excluding hydrogens is 348 g/mol. The summed E-state index contributed by atoms with van der Waals surface area (Å²) in [6.45, 7) is 1.77. The Kier molecular flexibility index (Phi) is 4.83. The Hall–Kier alpha value is -2.87. The van der Waals surface area contributed by atoms with E-state index in [-0.39, 0.29) is 5.90 Å². The van der Waals surface area contributed by atoms with Gasteiger partial charge in [0.25, 0.3) is 0 Å². The van der Waals surface area contributed by atoms with Gasteiger partial charge in [0.05, 0.1) is 0 Å². The zero-order valence-electron chi connectivity index (χ0n) is 14.1. The molecule has 1 aromatic carbocycles. The van der Waals surface area contributed by atoms with Crippen molar-refractivity contribution in [3.8, 4) is 5.75 Å². The van der Waals surface area contributed by atoms with Crippen LogP contribution in [0.25, 0.3) is 0 Å². The molecule has 4 rings (SSSR count). The average molecular weight is 366 g/mol. The Morgan fingerprint density at radius 3 is 2.77 bits per heavy atom. The molecule has 0 spiro atoms. The number of nitrogens with one attached hydrogen (secondary N) is 1. The number of likely N-dealkylation sites (tertiary alicyclic amines) is 1. The van der Waals surface area contributed by atoms with E-state index in [9.17, 15) is 0 Å². The molecule has 1 aromatic heterocycles. The van der Waals surface area contributed by atoms with E-state index in [1.807, 2.05) is 29.6 Å². The van der Waals surface area contributed by atoms with E-state index in [0.29, 0.717) is 22.4 Å². The zero-order chi connectivity index (χ0) is 17.8. The number of fused-ring (bicyclic) bond motifs is 1. The summed E-state index contributed by atoms with van der Waals surface area (Å²) < 4.78 is 5.78. The lowest BCUT2D eigenvalue weighted by Crippen LogP contribution is -2.31. The molecule has 0 unspecified atom stereocenters. The Morgan fingerprint density at radius 1 is 1.12 bits per heavy atom.